The number of Topliss-reactive ketones (excluding diaryl/α,β-unsaturated/α-hetero) is 1. The number of hydrogen-bond acceptors (Lipinski definition) is 6. The third-order valence-electron chi connectivity index (χ3n) is 3.92. The van der Waals surface area contributed by atoms with Gasteiger partial charge in [0, 0.05) is 30.1 Å². The molecule has 0 amide bonds. The van der Waals surface area contributed by atoms with Crippen molar-refractivity contribution < 1.29 is 19.4 Å². The molecule has 0 radical (unpaired) electrons. The molecule has 0 aliphatic heterocycles. The van der Waals surface area contributed by atoms with Gasteiger partial charge < -0.3 is 14.6 Å². The second-order valence-electron chi connectivity index (χ2n) is 5.84. The summed E-state index contributed by atoms with van der Waals surface area (Å²) in [7, 11) is 1.43. The second-order valence-corrected chi connectivity index (χ2v) is 5.84. The van der Waals surface area contributed by atoms with Gasteiger partial charge in [-0.05, 0) is 30.2 Å². The Kier molecular flexibility index (Phi) is 5.31. The van der Waals surface area contributed by atoms with Gasteiger partial charge in [0.05, 0.1) is 19.2 Å². The lowest BCUT2D eigenvalue weighted by Gasteiger charge is -2.08. The largest absolute Gasteiger partial charge is 0.503 e. The lowest BCUT2D eigenvalue weighted by molar-refractivity contribution is 0.0984. The van der Waals surface area contributed by atoms with Gasteiger partial charge in [0.2, 0.25) is 5.88 Å². The Morgan fingerprint density at radius 1 is 1.19 bits per heavy atom. The van der Waals surface area contributed by atoms with Gasteiger partial charge in [-0.1, -0.05) is 13.0 Å². The Bertz CT molecular complexity index is 940. The predicted molar refractivity (Wildman–Crippen MR) is 98.0 cm³/mol. The summed E-state index contributed by atoms with van der Waals surface area (Å²) in [6.07, 6.45) is 2.48. The maximum absolute atomic E-state index is 12.5. The van der Waals surface area contributed by atoms with E-state index in [1.54, 1.807) is 0 Å². The summed E-state index contributed by atoms with van der Waals surface area (Å²) in [5, 5.41) is 11.0. The zero-order valence-electron chi connectivity index (χ0n) is 14.7. The van der Waals surface area contributed by atoms with Gasteiger partial charge in [0.25, 0.3) is 0 Å². The summed E-state index contributed by atoms with van der Waals surface area (Å²) in [4.78, 5) is 20.9. The number of methoxy groups -OCH3 is 1. The molecule has 0 saturated carbocycles. The Labute approximate surface area is 151 Å². The van der Waals surface area contributed by atoms with Crippen LogP contribution in [0.2, 0.25) is 0 Å². The number of carbonyl (C=O) groups is 1. The van der Waals surface area contributed by atoms with Crippen molar-refractivity contribution in [2.45, 2.75) is 19.8 Å². The number of hydrogen-bond donors (Lipinski definition) is 1. The fourth-order valence-electron chi connectivity index (χ4n) is 2.63. The molecule has 0 atom stereocenters. The topological polar surface area (TPSA) is 81.5 Å². The minimum atomic E-state index is -0.281. The molecule has 1 aromatic carbocycles. The molecular weight excluding hydrogens is 332 g/mol. The number of carbonyl (C=O) groups excluding carboxylic acids is 1. The molecule has 1 N–H and O–H groups in total. The lowest BCUT2D eigenvalue weighted by atomic mass is 10.0. The molecule has 134 valence electrons. The van der Waals surface area contributed by atoms with Gasteiger partial charge >= 0.3 is 0 Å². The molecule has 0 saturated heterocycles. The maximum Gasteiger partial charge on any atom is 0.213 e. The van der Waals surface area contributed by atoms with E-state index in [2.05, 4.69) is 9.97 Å². The van der Waals surface area contributed by atoms with Crippen LogP contribution >= 0.6 is 0 Å². The average molecular weight is 352 g/mol. The van der Waals surface area contributed by atoms with Gasteiger partial charge in [-0.2, -0.15) is 0 Å². The molecule has 0 bridgehead atoms. The van der Waals surface area contributed by atoms with E-state index >= 15 is 0 Å². The molecule has 0 spiro atoms. The van der Waals surface area contributed by atoms with Crippen molar-refractivity contribution in [1.82, 2.24) is 9.97 Å². The van der Waals surface area contributed by atoms with Crippen LogP contribution in [0.4, 0.5) is 0 Å². The molecule has 0 aliphatic rings. The van der Waals surface area contributed by atoms with Crippen LogP contribution in [0.5, 0.6) is 17.4 Å². The Balaban J connectivity index is 1.81. The van der Waals surface area contributed by atoms with Crippen LogP contribution in [0.1, 0.15) is 29.4 Å². The van der Waals surface area contributed by atoms with Crippen molar-refractivity contribution in [2.75, 3.05) is 13.7 Å². The smallest absolute Gasteiger partial charge is 0.213 e. The molecule has 0 fully saturated rings. The molecule has 0 unspecified atom stereocenters. The van der Waals surface area contributed by atoms with Crippen molar-refractivity contribution in [3.63, 3.8) is 0 Å². The van der Waals surface area contributed by atoms with Crippen LogP contribution in [0, 0.1) is 0 Å². The van der Waals surface area contributed by atoms with E-state index in [4.69, 9.17) is 9.47 Å². The fourth-order valence-corrected chi connectivity index (χ4v) is 2.63. The van der Waals surface area contributed by atoms with Crippen LogP contribution < -0.4 is 9.47 Å². The van der Waals surface area contributed by atoms with E-state index in [0.29, 0.717) is 12.5 Å². The second kappa shape index (κ2) is 7.82. The fraction of sp³-hybridized carbons (Fsp3) is 0.250. The van der Waals surface area contributed by atoms with Crippen LogP contribution in [0.25, 0.3) is 10.9 Å². The van der Waals surface area contributed by atoms with Crippen molar-refractivity contribution >= 4 is 16.7 Å². The number of benzene rings is 1. The normalized spacial score (nSPS) is 10.7. The summed E-state index contributed by atoms with van der Waals surface area (Å²) < 4.78 is 10.6. The summed E-state index contributed by atoms with van der Waals surface area (Å²) in [5.41, 5.74) is 1.62. The standard InChI is InChI=1S/C20H20N2O4/c1-3-10-26-18-7-5-14-11-13(4-6-15(14)22-18)12-16(23)19-20(24)17(25-2)8-9-21-19/h4-9,11,24H,3,10,12H2,1-2H3. The number of nitrogens with zero attached hydrogens (tertiary/aromatic N) is 2. The number of rotatable bonds is 7. The monoisotopic (exact) mass is 352 g/mol. The highest BCUT2D eigenvalue weighted by Gasteiger charge is 2.17. The van der Waals surface area contributed by atoms with E-state index in [1.807, 2.05) is 37.3 Å². The first-order valence-corrected chi connectivity index (χ1v) is 8.40. The van der Waals surface area contributed by atoms with Crippen LogP contribution in [-0.2, 0) is 6.42 Å². The molecular formula is C20H20N2O4. The summed E-state index contributed by atoms with van der Waals surface area (Å²) in [5.74, 6) is 0.302. The number of pyridine rings is 2. The summed E-state index contributed by atoms with van der Waals surface area (Å²) in [6, 6.07) is 10.8. The molecule has 6 heteroatoms. The third-order valence-corrected chi connectivity index (χ3v) is 3.92. The van der Waals surface area contributed by atoms with Gasteiger partial charge in [-0.15, -0.1) is 0 Å². The minimum absolute atomic E-state index is 0.00545. The number of aromatic hydroxyl groups is 1. The number of aromatic nitrogens is 2. The summed E-state index contributed by atoms with van der Waals surface area (Å²) >= 11 is 0. The Morgan fingerprint density at radius 2 is 2.04 bits per heavy atom. The quantitative estimate of drug-likeness (QED) is 0.655. The number of fused-ring (bicyclic) bond motifs is 1. The van der Waals surface area contributed by atoms with Crippen LogP contribution in [0.15, 0.2) is 42.6 Å². The van der Waals surface area contributed by atoms with Gasteiger partial charge in [0.1, 0.15) is 0 Å². The molecule has 2 aromatic heterocycles. The van der Waals surface area contributed by atoms with E-state index < -0.39 is 0 Å². The minimum Gasteiger partial charge on any atom is -0.503 e. The first-order chi connectivity index (χ1) is 12.6. The molecule has 3 rings (SSSR count). The molecule has 2 heterocycles. The third kappa shape index (κ3) is 3.74. The van der Waals surface area contributed by atoms with Crippen molar-refractivity contribution in [3.8, 4) is 17.4 Å². The van der Waals surface area contributed by atoms with E-state index in [-0.39, 0.29) is 29.4 Å². The van der Waals surface area contributed by atoms with Gasteiger partial charge in [-0.3, -0.25) is 4.79 Å². The highest BCUT2D eigenvalue weighted by atomic mass is 16.5. The highest BCUT2D eigenvalue weighted by Crippen LogP contribution is 2.28. The number of ketones is 1. The Morgan fingerprint density at radius 3 is 2.81 bits per heavy atom. The molecule has 26 heavy (non-hydrogen) atoms. The van der Waals surface area contributed by atoms with Crippen molar-refractivity contribution in [1.29, 1.82) is 0 Å². The van der Waals surface area contributed by atoms with Crippen LogP contribution in [0.3, 0.4) is 0 Å². The number of ether oxygens (including phenoxy) is 2. The average Bonchev–Trinajstić information content (AvgIpc) is 2.66. The first kappa shape index (κ1) is 17.7. The van der Waals surface area contributed by atoms with E-state index in [9.17, 15) is 9.90 Å². The maximum atomic E-state index is 12.5. The van der Waals surface area contributed by atoms with E-state index in [1.165, 1.54) is 19.4 Å². The van der Waals surface area contributed by atoms with E-state index in [0.717, 1.165) is 22.9 Å². The highest BCUT2D eigenvalue weighted by molar-refractivity contribution is 5.99. The van der Waals surface area contributed by atoms with Gasteiger partial charge in [-0.25, -0.2) is 9.97 Å². The summed E-state index contributed by atoms with van der Waals surface area (Å²) in [6.45, 7) is 2.67. The zero-order chi connectivity index (χ0) is 18.5. The molecule has 3 aromatic rings. The Hall–Kier alpha value is -3.15. The van der Waals surface area contributed by atoms with Crippen molar-refractivity contribution in [3.05, 3.63) is 53.9 Å². The lowest BCUT2D eigenvalue weighted by Crippen LogP contribution is -2.07. The van der Waals surface area contributed by atoms with Gasteiger partial charge in [0.15, 0.2) is 23.0 Å². The van der Waals surface area contributed by atoms with Crippen LogP contribution in [-0.4, -0.2) is 34.6 Å². The SMILES string of the molecule is CCCOc1ccc2cc(CC(=O)c3nccc(OC)c3O)ccc2n1. The van der Waals surface area contributed by atoms with Crippen molar-refractivity contribution in [2.24, 2.45) is 0 Å². The zero-order valence-corrected chi connectivity index (χ0v) is 14.7. The first-order valence-electron chi connectivity index (χ1n) is 8.40. The molecule has 0 aliphatic carbocycles. The molecule has 6 nitrogen and oxygen atoms in total. The predicted octanol–water partition coefficient (Wildman–Crippen LogP) is 3.56.